The molecule has 0 heterocycles. The molecule has 0 rings (SSSR count). The quantitative estimate of drug-likeness (QED) is 0.739. The minimum Gasteiger partial charge on any atom is -0.324 e. The van der Waals surface area contributed by atoms with E-state index >= 15 is 0 Å². The zero-order valence-corrected chi connectivity index (χ0v) is 11.6. The number of rotatable bonds is 3. The van der Waals surface area contributed by atoms with Crippen LogP contribution in [0.25, 0.3) is 0 Å². The summed E-state index contributed by atoms with van der Waals surface area (Å²) < 4.78 is 11.1. The second-order valence-corrected chi connectivity index (χ2v) is 8.37. The molecule has 0 amide bonds. The molecule has 0 aliphatic rings. The fraction of sp³-hybridized carbons (Fsp3) is 1.00. The van der Waals surface area contributed by atoms with Crippen LogP contribution >= 0.6 is 7.60 Å². The molecular weight excluding hydrogens is 211 g/mol. The highest BCUT2D eigenvalue weighted by Gasteiger charge is 2.33. The molecule has 1 unspecified atom stereocenters. The molecule has 0 radical (unpaired) electrons. The summed E-state index contributed by atoms with van der Waals surface area (Å²) in [7, 11) is -3.90. The Hall–Kier alpha value is 0.150. The third kappa shape index (κ3) is 8.01. The third-order valence-electron chi connectivity index (χ3n) is 2.54. The Kier molecular flexibility index (Phi) is 4.61. The lowest BCUT2D eigenvalue weighted by Gasteiger charge is -2.35. The molecule has 92 valence electrons. The second-order valence-electron chi connectivity index (χ2n) is 6.67. The van der Waals surface area contributed by atoms with E-state index in [1.165, 1.54) is 0 Å². The normalized spacial score (nSPS) is 16.5. The van der Waals surface area contributed by atoms with E-state index in [1.54, 1.807) is 0 Å². The monoisotopic (exact) mass is 236 g/mol. The zero-order chi connectivity index (χ0) is 12.5. The van der Waals surface area contributed by atoms with Crippen LogP contribution in [0.15, 0.2) is 0 Å². The highest BCUT2D eigenvalue weighted by Crippen LogP contribution is 2.46. The van der Waals surface area contributed by atoms with Crippen LogP contribution in [0.3, 0.4) is 0 Å². The molecule has 0 aromatic heterocycles. The fourth-order valence-corrected chi connectivity index (χ4v) is 2.92. The van der Waals surface area contributed by atoms with Crippen molar-refractivity contribution in [2.45, 2.75) is 48.0 Å². The van der Waals surface area contributed by atoms with Gasteiger partial charge >= 0.3 is 7.60 Å². The van der Waals surface area contributed by atoms with Gasteiger partial charge < -0.3 is 9.79 Å². The first-order valence-electron chi connectivity index (χ1n) is 5.36. The van der Waals surface area contributed by atoms with Gasteiger partial charge in [-0.2, -0.15) is 0 Å². The van der Waals surface area contributed by atoms with Crippen LogP contribution in [0, 0.1) is 16.7 Å². The van der Waals surface area contributed by atoms with E-state index in [2.05, 4.69) is 20.8 Å². The summed E-state index contributed by atoms with van der Waals surface area (Å²) in [5.74, 6) is 0.0540. The van der Waals surface area contributed by atoms with E-state index in [9.17, 15) is 4.57 Å². The highest BCUT2D eigenvalue weighted by atomic mass is 31.2. The standard InChI is InChI=1S/C11H25O3P/c1-10(2,3)7-9(11(4,5)6)8-15(12,13)14/h9H,7-8H2,1-6H3,(H2,12,13,14). The van der Waals surface area contributed by atoms with Crippen molar-refractivity contribution in [3.63, 3.8) is 0 Å². The summed E-state index contributed by atoms with van der Waals surface area (Å²) in [4.78, 5) is 18.1. The van der Waals surface area contributed by atoms with Crippen molar-refractivity contribution in [3.05, 3.63) is 0 Å². The molecule has 1 atom stereocenters. The maximum Gasteiger partial charge on any atom is 0.325 e. The molecule has 4 heteroatoms. The first-order chi connectivity index (χ1) is 6.31. The van der Waals surface area contributed by atoms with Crippen molar-refractivity contribution in [3.8, 4) is 0 Å². The Bertz CT molecular complexity index is 242. The number of hydrogen-bond donors (Lipinski definition) is 2. The van der Waals surface area contributed by atoms with Crippen LogP contribution in [0.1, 0.15) is 48.0 Å². The van der Waals surface area contributed by atoms with Crippen LogP contribution in [-0.4, -0.2) is 15.9 Å². The first kappa shape index (κ1) is 15.2. The van der Waals surface area contributed by atoms with E-state index in [4.69, 9.17) is 9.79 Å². The molecule has 0 saturated carbocycles. The largest absolute Gasteiger partial charge is 0.325 e. The fourth-order valence-electron chi connectivity index (χ4n) is 1.67. The van der Waals surface area contributed by atoms with E-state index in [-0.39, 0.29) is 22.9 Å². The molecule has 0 aromatic carbocycles. The SMILES string of the molecule is CC(C)(C)CC(CP(=O)(O)O)C(C)(C)C. The van der Waals surface area contributed by atoms with Gasteiger partial charge in [-0.15, -0.1) is 0 Å². The summed E-state index contributed by atoms with van der Waals surface area (Å²) in [5, 5.41) is 0. The van der Waals surface area contributed by atoms with Crippen molar-refractivity contribution in [1.29, 1.82) is 0 Å². The molecule has 0 aliphatic carbocycles. The van der Waals surface area contributed by atoms with Gasteiger partial charge in [-0.05, 0) is 23.2 Å². The predicted octanol–water partition coefficient (Wildman–Crippen LogP) is 3.26. The van der Waals surface area contributed by atoms with Gasteiger partial charge in [0.15, 0.2) is 0 Å². The van der Waals surface area contributed by atoms with Gasteiger partial charge in [0, 0.05) is 0 Å². The smallest absolute Gasteiger partial charge is 0.324 e. The molecule has 0 fully saturated rings. The Morgan fingerprint density at radius 2 is 1.47 bits per heavy atom. The minimum atomic E-state index is -3.90. The Morgan fingerprint density at radius 3 is 1.67 bits per heavy atom. The molecule has 0 spiro atoms. The Labute approximate surface area is 93.4 Å². The van der Waals surface area contributed by atoms with Crippen LogP contribution in [0.5, 0.6) is 0 Å². The molecule has 15 heavy (non-hydrogen) atoms. The van der Waals surface area contributed by atoms with Crippen LogP contribution < -0.4 is 0 Å². The molecule has 0 bridgehead atoms. The summed E-state index contributed by atoms with van der Waals surface area (Å²) in [6, 6.07) is 0. The van der Waals surface area contributed by atoms with Crippen molar-refractivity contribution >= 4 is 7.60 Å². The van der Waals surface area contributed by atoms with Gasteiger partial charge in [-0.3, -0.25) is 4.57 Å². The highest BCUT2D eigenvalue weighted by molar-refractivity contribution is 7.51. The van der Waals surface area contributed by atoms with Gasteiger partial charge in [-0.25, -0.2) is 0 Å². The van der Waals surface area contributed by atoms with E-state index in [0.29, 0.717) is 0 Å². The van der Waals surface area contributed by atoms with Crippen LogP contribution in [-0.2, 0) is 4.57 Å². The Balaban J connectivity index is 4.70. The number of hydrogen-bond acceptors (Lipinski definition) is 1. The van der Waals surface area contributed by atoms with Crippen LogP contribution in [0.4, 0.5) is 0 Å². The Morgan fingerprint density at radius 1 is 1.07 bits per heavy atom. The molecular formula is C11H25O3P. The summed E-state index contributed by atoms with van der Waals surface area (Å²) in [5.41, 5.74) is 0.0432. The predicted molar refractivity (Wildman–Crippen MR) is 63.9 cm³/mol. The molecule has 0 aliphatic heterocycles. The van der Waals surface area contributed by atoms with Crippen molar-refractivity contribution in [1.82, 2.24) is 0 Å². The van der Waals surface area contributed by atoms with Gasteiger partial charge in [0.25, 0.3) is 0 Å². The lowest BCUT2D eigenvalue weighted by atomic mass is 9.73. The summed E-state index contributed by atoms with van der Waals surface area (Å²) in [6.07, 6.45) is 0.829. The first-order valence-corrected chi connectivity index (χ1v) is 7.16. The topological polar surface area (TPSA) is 57.5 Å². The van der Waals surface area contributed by atoms with Gasteiger partial charge in [0.1, 0.15) is 0 Å². The summed E-state index contributed by atoms with van der Waals surface area (Å²) in [6.45, 7) is 12.4. The second kappa shape index (κ2) is 4.57. The summed E-state index contributed by atoms with van der Waals surface area (Å²) >= 11 is 0. The molecule has 3 nitrogen and oxygen atoms in total. The lowest BCUT2D eigenvalue weighted by molar-refractivity contribution is 0.177. The lowest BCUT2D eigenvalue weighted by Crippen LogP contribution is -2.28. The van der Waals surface area contributed by atoms with E-state index < -0.39 is 7.60 Å². The third-order valence-corrected chi connectivity index (χ3v) is 3.46. The van der Waals surface area contributed by atoms with Gasteiger partial charge in [0.2, 0.25) is 0 Å². The molecule has 2 N–H and O–H groups in total. The van der Waals surface area contributed by atoms with Crippen molar-refractivity contribution in [2.75, 3.05) is 6.16 Å². The average molecular weight is 236 g/mol. The van der Waals surface area contributed by atoms with Crippen molar-refractivity contribution < 1.29 is 14.4 Å². The maximum absolute atomic E-state index is 11.1. The molecule has 0 aromatic rings. The van der Waals surface area contributed by atoms with Gasteiger partial charge in [-0.1, -0.05) is 41.5 Å². The maximum atomic E-state index is 11.1. The van der Waals surface area contributed by atoms with Crippen LogP contribution in [0.2, 0.25) is 0 Å². The van der Waals surface area contributed by atoms with Crippen molar-refractivity contribution in [2.24, 2.45) is 16.7 Å². The van der Waals surface area contributed by atoms with E-state index in [1.807, 2.05) is 20.8 Å². The molecule has 0 saturated heterocycles. The minimum absolute atomic E-state index is 0.00618. The van der Waals surface area contributed by atoms with E-state index in [0.717, 1.165) is 6.42 Å². The zero-order valence-electron chi connectivity index (χ0n) is 10.7. The van der Waals surface area contributed by atoms with Gasteiger partial charge in [0.05, 0.1) is 6.16 Å². The average Bonchev–Trinajstić information content (AvgIpc) is 1.75.